The van der Waals surface area contributed by atoms with Crippen LogP contribution in [0.4, 0.5) is 0 Å². The van der Waals surface area contributed by atoms with Gasteiger partial charge in [-0.15, -0.1) is 11.3 Å². The molecule has 0 radical (unpaired) electrons. The number of hydrogen-bond acceptors (Lipinski definition) is 3. The molecule has 0 saturated carbocycles. The highest BCUT2D eigenvalue weighted by Gasteiger charge is 2.10. The molecule has 15 heavy (non-hydrogen) atoms. The smallest absolute Gasteiger partial charge is 0.0954 e. The third-order valence-corrected chi connectivity index (χ3v) is 3.12. The number of hydrogen-bond donors (Lipinski definition) is 1. The van der Waals surface area contributed by atoms with Gasteiger partial charge in [-0.3, -0.25) is 0 Å². The zero-order chi connectivity index (χ0) is 10.7. The number of aliphatic hydroxyl groups is 1. The lowest BCUT2D eigenvalue weighted by Crippen LogP contribution is -2.01. The first-order valence-corrected chi connectivity index (χ1v) is 5.83. The molecule has 4 heteroatoms. The van der Waals surface area contributed by atoms with Gasteiger partial charge in [-0.25, -0.2) is 4.98 Å². The lowest BCUT2D eigenvalue weighted by atomic mass is 10.1. The summed E-state index contributed by atoms with van der Waals surface area (Å²) in [5.41, 5.74) is 0.831. The number of nitrogens with zero attached hydrogens (tertiary/aromatic N) is 1. The summed E-state index contributed by atoms with van der Waals surface area (Å²) >= 11 is 7.39. The highest BCUT2D eigenvalue weighted by molar-refractivity contribution is 7.09. The third-order valence-electron chi connectivity index (χ3n) is 2.08. The van der Waals surface area contributed by atoms with E-state index < -0.39 is 6.10 Å². The Kier molecular flexibility index (Phi) is 3.36. The Balaban J connectivity index is 2.11. The molecule has 0 aliphatic heterocycles. The molecule has 0 spiro atoms. The number of aromatic nitrogens is 1. The molecule has 1 atom stereocenters. The van der Waals surface area contributed by atoms with Crippen LogP contribution in [-0.2, 0) is 6.42 Å². The summed E-state index contributed by atoms with van der Waals surface area (Å²) in [6.07, 6.45) is 1.75. The van der Waals surface area contributed by atoms with Crippen molar-refractivity contribution in [3.8, 4) is 0 Å². The maximum Gasteiger partial charge on any atom is 0.0954 e. The molecule has 2 nitrogen and oxygen atoms in total. The van der Waals surface area contributed by atoms with E-state index in [9.17, 15) is 5.11 Å². The first-order chi connectivity index (χ1) is 7.25. The van der Waals surface area contributed by atoms with Gasteiger partial charge in [0.1, 0.15) is 0 Å². The third kappa shape index (κ3) is 2.78. The molecule has 1 aromatic heterocycles. The van der Waals surface area contributed by atoms with Gasteiger partial charge >= 0.3 is 0 Å². The largest absolute Gasteiger partial charge is 0.388 e. The van der Waals surface area contributed by atoms with E-state index in [2.05, 4.69) is 4.98 Å². The zero-order valence-corrected chi connectivity index (χ0v) is 9.50. The van der Waals surface area contributed by atoms with Gasteiger partial charge in [0.25, 0.3) is 0 Å². The first kappa shape index (κ1) is 10.6. The van der Waals surface area contributed by atoms with E-state index in [0.717, 1.165) is 10.6 Å². The molecular formula is C11H10ClNOS. The van der Waals surface area contributed by atoms with Crippen LogP contribution in [0.25, 0.3) is 0 Å². The molecule has 0 aliphatic rings. The summed E-state index contributed by atoms with van der Waals surface area (Å²) in [4.78, 5) is 4.13. The van der Waals surface area contributed by atoms with Crippen molar-refractivity contribution in [2.75, 3.05) is 0 Å². The van der Waals surface area contributed by atoms with Gasteiger partial charge in [-0.05, 0) is 17.7 Å². The van der Waals surface area contributed by atoms with Crippen molar-refractivity contribution in [1.29, 1.82) is 0 Å². The van der Waals surface area contributed by atoms with Gasteiger partial charge in [-0.2, -0.15) is 0 Å². The number of thiazole rings is 1. The molecule has 0 fully saturated rings. The second-order valence-electron chi connectivity index (χ2n) is 3.20. The summed E-state index contributed by atoms with van der Waals surface area (Å²) < 4.78 is 0. The predicted molar refractivity (Wildman–Crippen MR) is 62.2 cm³/mol. The summed E-state index contributed by atoms with van der Waals surface area (Å²) in [7, 11) is 0. The summed E-state index contributed by atoms with van der Waals surface area (Å²) in [5, 5.41) is 13.4. The number of halogens is 1. The number of aliphatic hydroxyl groups excluding tert-OH is 1. The van der Waals surface area contributed by atoms with Crippen molar-refractivity contribution in [2.24, 2.45) is 0 Å². The fourth-order valence-corrected chi connectivity index (χ4v) is 2.20. The minimum Gasteiger partial charge on any atom is -0.388 e. The molecule has 0 amide bonds. The standard InChI is InChI=1S/C11H10ClNOS/c12-9-3-1-2-8(6-9)10(14)7-11-13-4-5-15-11/h1-6,10,14H,7H2. The highest BCUT2D eigenvalue weighted by atomic mass is 35.5. The van der Waals surface area contributed by atoms with E-state index in [-0.39, 0.29) is 0 Å². The monoisotopic (exact) mass is 239 g/mol. The van der Waals surface area contributed by atoms with E-state index in [1.807, 2.05) is 17.5 Å². The Bertz CT molecular complexity index is 430. The molecule has 1 aromatic carbocycles. The van der Waals surface area contributed by atoms with Gasteiger partial charge in [0.15, 0.2) is 0 Å². The van der Waals surface area contributed by atoms with Crippen LogP contribution < -0.4 is 0 Å². The van der Waals surface area contributed by atoms with Crippen molar-refractivity contribution >= 4 is 22.9 Å². The second-order valence-corrected chi connectivity index (χ2v) is 4.62. The summed E-state index contributed by atoms with van der Waals surface area (Å²) in [6, 6.07) is 7.27. The average Bonchev–Trinajstić information content (AvgIpc) is 2.70. The fraction of sp³-hybridized carbons (Fsp3) is 0.182. The van der Waals surface area contributed by atoms with Crippen molar-refractivity contribution in [3.63, 3.8) is 0 Å². The molecule has 78 valence electrons. The summed E-state index contributed by atoms with van der Waals surface area (Å²) in [5.74, 6) is 0. The van der Waals surface area contributed by atoms with Crippen LogP contribution in [0.5, 0.6) is 0 Å². The van der Waals surface area contributed by atoms with Gasteiger partial charge in [0, 0.05) is 23.0 Å². The van der Waals surface area contributed by atoms with Crippen molar-refractivity contribution < 1.29 is 5.11 Å². The van der Waals surface area contributed by atoms with E-state index in [0.29, 0.717) is 11.4 Å². The normalized spacial score (nSPS) is 12.7. The summed E-state index contributed by atoms with van der Waals surface area (Å²) in [6.45, 7) is 0. The van der Waals surface area contributed by atoms with Gasteiger partial charge < -0.3 is 5.11 Å². The molecule has 0 saturated heterocycles. The minimum atomic E-state index is -0.533. The average molecular weight is 240 g/mol. The molecule has 2 aromatic rings. The van der Waals surface area contributed by atoms with E-state index in [1.165, 1.54) is 0 Å². The van der Waals surface area contributed by atoms with E-state index in [4.69, 9.17) is 11.6 Å². The molecule has 2 rings (SSSR count). The molecular weight excluding hydrogens is 230 g/mol. The van der Waals surface area contributed by atoms with Gasteiger partial charge in [-0.1, -0.05) is 23.7 Å². The lowest BCUT2D eigenvalue weighted by Gasteiger charge is -2.09. The van der Waals surface area contributed by atoms with Crippen molar-refractivity contribution in [3.05, 3.63) is 51.4 Å². The van der Waals surface area contributed by atoms with E-state index in [1.54, 1.807) is 29.7 Å². The number of rotatable bonds is 3. The van der Waals surface area contributed by atoms with Crippen LogP contribution in [-0.4, -0.2) is 10.1 Å². The quantitative estimate of drug-likeness (QED) is 0.893. The topological polar surface area (TPSA) is 33.1 Å². The molecule has 1 heterocycles. The predicted octanol–water partition coefficient (Wildman–Crippen LogP) is 3.07. The second kappa shape index (κ2) is 4.75. The van der Waals surface area contributed by atoms with Crippen LogP contribution in [0.15, 0.2) is 35.8 Å². The first-order valence-electron chi connectivity index (χ1n) is 4.57. The van der Waals surface area contributed by atoms with Gasteiger partial charge in [0.2, 0.25) is 0 Å². The maximum atomic E-state index is 9.92. The molecule has 0 aliphatic carbocycles. The molecule has 1 unspecified atom stereocenters. The number of benzene rings is 1. The Labute approximate surface area is 97.2 Å². The lowest BCUT2D eigenvalue weighted by molar-refractivity contribution is 0.178. The SMILES string of the molecule is OC(Cc1nccs1)c1cccc(Cl)c1. The van der Waals surface area contributed by atoms with Crippen molar-refractivity contribution in [1.82, 2.24) is 4.98 Å². The fourth-order valence-electron chi connectivity index (χ4n) is 1.35. The zero-order valence-electron chi connectivity index (χ0n) is 7.93. The highest BCUT2D eigenvalue weighted by Crippen LogP contribution is 2.21. The Hall–Kier alpha value is -0.900. The van der Waals surface area contributed by atoms with Gasteiger partial charge in [0.05, 0.1) is 11.1 Å². The minimum absolute atomic E-state index is 0.533. The van der Waals surface area contributed by atoms with Crippen LogP contribution in [0.3, 0.4) is 0 Å². The Morgan fingerprint density at radius 1 is 1.47 bits per heavy atom. The molecule has 0 bridgehead atoms. The Morgan fingerprint density at radius 3 is 3.00 bits per heavy atom. The van der Waals surface area contributed by atoms with Crippen molar-refractivity contribution in [2.45, 2.75) is 12.5 Å². The van der Waals surface area contributed by atoms with Crippen LogP contribution >= 0.6 is 22.9 Å². The maximum absolute atomic E-state index is 9.92. The Morgan fingerprint density at radius 2 is 2.33 bits per heavy atom. The molecule has 1 N–H and O–H groups in total. The van der Waals surface area contributed by atoms with Crippen LogP contribution in [0.2, 0.25) is 5.02 Å². The van der Waals surface area contributed by atoms with Crippen LogP contribution in [0, 0.1) is 0 Å². The van der Waals surface area contributed by atoms with E-state index >= 15 is 0 Å². The van der Waals surface area contributed by atoms with Crippen LogP contribution in [0.1, 0.15) is 16.7 Å².